The highest BCUT2D eigenvalue weighted by Gasteiger charge is 2.41. The number of rotatable bonds is 8. The summed E-state index contributed by atoms with van der Waals surface area (Å²) in [5, 5.41) is 22.5. The van der Waals surface area contributed by atoms with E-state index in [-0.39, 0.29) is 12.5 Å². The van der Waals surface area contributed by atoms with Crippen LogP contribution in [0.5, 0.6) is 5.75 Å². The number of aliphatic hydroxyl groups is 2. The molecule has 0 aromatic heterocycles. The van der Waals surface area contributed by atoms with Gasteiger partial charge in [-0.1, -0.05) is 72.7 Å². The van der Waals surface area contributed by atoms with Gasteiger partial charge in [-0.15, -0.1) is 6.42 Å². The summed E-state index contributed by atoms with van der Waals surface area (Å²) in [4.78, 5) is 2.25. The lowest BCUT2D eigenvalue weighted by atomic mass is 9.72. The average molecular weight is 442 g/mol. The maximum atomic E-state index is 12.0. The van der Waals surface area contributed by atoms with E-state index in [1.807, 2.05) is 78.9 Å². The summed E-state index contributed by atoms with van der Waals surface area (Å²) in [5.41, 5.74) is 1.58. The molecular formula is C29H31NO3. The first-order valence-corrected chi connectivity index (χ1v) is 11.5. The number of ether oxygens (including phenoxy) is 1. The number of terminal acetylenes is 1. The molecule has 0 saturated carbocycles. The zero-order valence-corrected chi connectivity index (χ0v) is 18.8. The van der Waals surface area contributed by atoms with Gasteiger partial charge in [0.2, 0.25) is 0 Å². The van der Waals surface area contributed by atoms with Crippen molar-refractivity contribution in [2.24, 2.45) is 5.92 Å². The molecular weight excluding hydrogens is 410 g/mol. The lowest BCUT2D eigenvalue weighted by molar-refractivity contribution is -0.0222. The first-order chi connectivity index (χ1) is 16.1. The van der Waals surface area contributed by atoms with E-state index in [1.54, 1.807) is 6.07 Å². The van der Waals surface area contributed by atoms with Crippen LogP contribution in [-0.2, 0) is 5.60 Å². The van der Waals surface area contributed by atoms with Crippen molar-refractivity contribution in [3.05, 3.63) is 102 Å². The van der Waals surface area contributed by atoms with Gasteiger partial charge < -0.3 is 19.8 Å². The minimum absolute atomic E-state index is 0.0958. The van der Waals surface area contributed by atoms with Crippen LogP contribution in [-0.4, -0.2) is 47.5 Å². The van der Waals surface area contributed by atoms with Crippen molar-refractivity contribution in [2.45, 2.75) is 24.5 Å². The monoisotopic (exact) mass is 441 g/mol. The van der Waals surface area contributed by atoms with Gasteiger partial charge in [0.15, 0.2) is 0 Å². The van der Waals surface area contributed by atoms with Gasteiger partial charge in [0, 0.05) is 12.1 Å². The SMILES string of the molecule is C#Cc1cccc(OC[C@@H](O)CN2CCC(C(O)(c3ccccc3)c3ccccc3)CC2)c1. The number of aliphatic hydroxyl groups excluding tert-OH is 1. The molecule has 0 unspecified atom stereocenters. The number of likely N-dealkylation sites (tertiary alicyclic amines) is 1. The van der Waals surface area contributed by atoms with E-state index in [1.165, 1.54) is 0 Å². The molecule has 1 fully saturated rings. The van der Waals surface area contributed by atoms with E-state index in [2.05, 4.69) is 10.8 Å². The van der Waals surface area contributed by atoms with Gasteiger partial charge in [-0.2, -0.15) is 0 Å². The summed E-state index contributed by atoms with van der Waals surface area (Å²) >= 11 is 0. The highest BCUT2D eigenvalue weighted by atomic mass is 16.5. The zero-order valence-electron chi connectivity index (χ0n) is 18.8. The normalized spacial score (nSPS) is 16.2. The van der Waals surface area contributed by atoms with Gasteiger partial charge in [-0.25, -0.2) is 0 Å². The average Bonchev–Trinajstić information content (AvgIpc) is 2.88. The van der Waals surface area contributed by atoms with Crippen LogP contribution >= 0.6 is 0 Å². The van der Waals surface area contributed by atoms with Crippen molar-refractivity contribution in [1.29, 1.82) is 0 Å². The van der Waals surface area contributed by atoms with E-state index in [0.717, 1.165) is 42.6 Å². The number of nitrogens with zero attached hydrogens (tertiary/aromatic N) is 1. The van der Waals surface area contributed by atoms with Crippen LogP contribution in [0.3, 0.4) is 0 Å². The van der Waals surface area contributed by atoms with Crippen LogP contribution in [0.25, 0.3) is 0 Å². The van der Waals surface area contributed by atoms with E-state index < -0.39 is 11.7 Å². The van der Waals surface area contributed by atoms with Crippen LogP contribution in [0, 0.1) is 18.3 Å². The summed E-state index contributed by atoms with van der Waals surface area (Å²) in [7, 11) is 0. The topological polar surface area (TPSA) is 52.9 Å². The van der Waals surface area contributed by atoms with E-state index in [9.17, 15) is 10.2 Å². The first-order valence-electron chi connectivity index (χ1n) is 11.5. The maximum Gasteiger partial charge on any atom is 0.120 e. The Hall–Kier alpha value is -3.10. The lowest BCUT2D eigenvalue weighted by Gasteiger charge is -2.42. The van der Waals surface area contributed by atoms with Gasteiger partial charge in [0.1, 0.15) is 24.1 Å². The molecule has 4 nitrogen and oxygen atoms in total. The third-order valence-corrected chi connectivity index (χ3v) is 6.52. The number of hydrogen-bond donors (Lipinski definition) is 2. The van der Waals surface area contributed by atoms with E-state index in [0.29, 0.717) is 12.3 Å². The summed E-state index contributed by atoms with van der Waals surface area (Å²) in [5.74, 6) is 3.35. The second-order valence-electron chi connectivity index (χ2n) is 8.71. The molecule has 1 heterocycles. The standard InChI is InChI=1S/C29H31NO3/c1-2-23-10-9-15-28(20-23)33-22-27(31)21-30-18-16-26(17-19-30)29(32,24-11-5-3-6-12-24)25-13-7-4-8-14-25/h1,3-15,20,26-27,31-32H,16-19,21-22H2/t27-/m0/s1. The summed E-state index contributed by atoms with van der Waals surface area (Å²) in [6.45, 7) is 2.38. The fourth-order valence-electron chi connectivity index (χ4n) is 4.77. The Morgan fingerprint density at radius 1 is 0.939 bits per heavy atom. The van der Waals surface area contributed by atoms with Crippen LogP contribution in [0.1, 0.15) is 29.5 Å². The molecule has 3 aromatic carbocycles. The Balaban J connectivity index is 1.36. The quantitative estimate of drug-likeness (QED) is 0.518. The van der Waals surface area contributed by atoms with Crippen molar-refractivity contribution in [1.82, 2.24) is 4.90 Å². The van der Waals surface area contributed by atoms with Crippen LogP contribution in [0.4, 0.5) is 0 Å². The molecule has 1 aliphatic rings. The fraction of sp³-hybridized carbons (Fsp3) is 0.310. The number of piperidine rings is 1. The molecule has 4 heteroatoms. The Kier molecular flexibility index (Phi) is 7.47. The molecule has 0 aliphatic carbocycles. The first kappa shape index (κ1) is 23.1. The summed E-state index contributed by atoms with van der Waals surface area (Å²) in [6, 6.07) is 27.2. The largest absolute Gasteiger partial charge is 0.491 e. The van der Waals surface area contributed by atoms with Crippen molar-refractivity contribution >= 4 is 0 Å². The number of benzene rings is 3. The smallest absolute Gasteiger partial charge is 0.120 e. The maximum absolute atomic E-state index is 12.0. The molecule has 0 radical (unpaired) electrons. The highest BCUT2D eigenvalue weighted by Crippen LogP contribution is 2.41. The Morgan fingerprint density at radius 2 is 1.55 bits per heavy atom. The van der Waals surface area contributed by atoms with Gasteiger partial charge >= 0.3 is 0 Å². The molecule has 4 rings (SSSR count). The van der Waals surface area contributed by atoms with Crippen LogP contribution < -0.4 is 4.74 Å². The third-order valence-electron chi connectivity index (χ3n) is 6.52. The van der Waals surface area contributed by atoms with Crippen molar-refractivity contribution in [3.8, 4) is 18.1 Å². The van der Waals surface area contributed by atoms with Crippen molar-refractivity contribution in [2.75, 3.05) is 26.2 Å². The molecule has 0 spiro atoms. The zero-order chi connectivity index (χ0) is 23.1. The van der Waals surface area contributed by atoms with Gasteiger partial charge in [0.05, 0.1) is 0 Å². The molecule has 33 heavy (non-hydrogen) atoms. The van der Waals surface area contributed by atoms with Gasteiger partial charge in [-0.3, -0.25) is 0 Å². The van der Waals surface area contributed by atoms with Crippen molar-refractivity contribution < 1.29 is 14.9 Å². The second-order valence-corrected chi connectivity index (χ2v) is 8.71. The third kappa shape index (κ3) is 5.46. The Labute approximate surface area is 196 Å². The highest BCUT2D eigenvalue weighted by molar-refractivity contribution is 5.38. The van der Waals surface area contributed by atoms with Gasteiger partial charge in [-0.05, 0) is 61.2 Å². The minimum atomic E-state index is -1.03. The molecule has 1 atom stereocenters. The number of hydrogen-bond acceptors (Lipinski definition) is 4. The number of β-amino-alcohol motifs (C(OH)–C–C–N with tert-alkyl or cyclic N) is 1. The molecule has 2 N–H and O–H groups in total. The molecule has 1 saturated heterocycles. The lowest BCUT2D eigenvalue weighted by Crippen LogP contribution is -2.46. The fourth-order valence-corrected chi connectivity index (χ4v) is 4.77. The Morgan fingerprint density at radius 3 is 2.12 bits per heavy atom. The molecule has 0 bridgehead atoms. The van der Waals surface area contributed by atoms with Gasteiger partial charge in [0.25, 0.3) is 0 Å². The predicted molar refractivity (Wildman–Crippen MR) is 131 cm³/mol. The predicted octanol–water partition coefficient (Wildman–Crippen LogP) is 4.06. The molecule has 1 aliphatic heterocycles. The molecule has 170 valence electrons. The minimum Gasteiger partial charge on any atom is -0.491 e. The van der Waals surface area contributed by atoms with Crippen molar-refractivity contribution in [3.63, 3.8) is 0 Å². The Bertz CT molecular complexity index is 1010. The van der Waals surface area contributed by atoms with E-state index >= 15 is 0 Å². The summed E-state index contributed by atoms with van der Waals surface area (Å²) in [6.07, 6.45) is 6.53. The summed E-state index contributed by atoms with van der Waals surface area (Å²) < 4.78 is 5.73. The van der Waals surface area contributed by atoms with E-state index in [4.69, 9.17) is 11.2 Å². The van der Waals surface area contributed by atoms with Crippen LogP contribution in [0.15, 0.2) is 84.9 Å². The second kappa shape index (κ2) is 10.7. The molecule has 3 aromatic rings. The molecule has 0 amide bonds. The van der Waals surface area contributed by atoms with Crippen LogP contribution in [0.2, 0.25) is 0 Å².